The average Bonchev–Trinajstić information content (AvgIpc) is 2.35. The standard InChI is InChI=1S/C14H21NO2/c1-3-4-10-15(14(16)17)11-12(2)13-8-6-5-7-9-13/h5-9,12H,3-4,10-11H2,1-2H3,(H,16,17). The molecule has 0 bridgehead atoms. The Morgan fingerprint density at radius 1 is 1.35 bits per heavy atom. The lowest BCUT2D eigenvalue weighted by Crippen LogP contribution is -2.33. The number of carboxylic acid groups (broad SMARTS) is 1. The number of benzene rings is 1. The number of amides is 1. The molecule has 0 saturated heterocycles. The Balaban J connectivity index is 2.58. The zero-order valence-electron chi connectivity index (χ0n) is 10.6. The van der Waals surface area contributed by atoms with Crippen molar-refractivity contribution in [3.63, 3.8) is 0 Å². The van der Waals surface area contributed by atoms with E-state index in [1.807, 2.05) is 30.3 Å². The highest BCUT2D eigenvalue weighted by Gasteiger charge is 2.15. The monoisotopic (exact) mass is 235 g/mol. The first-order valence-corrected chi connectivity index (χ1v) is 6.18. The second-order valence-corrected chi connectivity index (χ2v) is 4.39. The molecule has 17 heavy (non-hydrogen) atoms. The molecule has 0 spiro atoms. The van der Waals surface area contributed by atoms with Gasteiger partial charge in [0.05, 0.1) is 0 Å². The largest absolute Gasteiger partial charge is 0.465 e. The van der Waals surface area contributed by atoms with Gasteiger partial charge in [0.25, 0.3) is 0 Å². The highest BCUT2D eigenvalue weighted by molar-refractivity contribution is 5.65. The molecule has 1 atom stereocenters. The maximum absolute atomic E-state index is 11.1. The van der Waals surface area contributed by atoms with Crippen LogP contribution in [0.2, 0.25) is 0 Å². The van der Waals surface area contributed by atoms with Crippen LogP contribution in [0.25, 0.3) is 0 Å². The molecule has 1 aromatic rings. The summed E-state index contributed by atoms with van der Waals surface area (Å²) in [6.45, 7) is 5.33. The van der Waals surface area contributed by atoms with Crippen LogP contribution >= 0.6 is 0 Å². The van der Waals surface area contributed by atoms with Crippen LogP contribution in [0.1, 0.15) is 38.2 Å². The first kappa shape index (κ1) is 13.6. The Labute approximate surface area is 103 Å². The van der Waals surface area contributed by atoms with Gasteiger partial charge < -0.3 is 10.0 Å². The maximum atomic E-state index is 11.1. The summed E-state index contributed by atoms with van der Waals surface area (Å²) < 4.78 is 0. The number of nitrogens with zero attached hydrogens (tertiary/aromatic N) is 1. The van der Waals surface area contributed by atoms with Gasteiger partial charge in [-0.2, -0.15) is 0 Å². The van der Waals surface area contributed by atoms with Crippen LogP contribution in [0.4, 0.5) is 4.79 Å². The van der Waals surface area contributed by atoms with E-state index in [1.165, 1.54) is 10.5 Å². The molecular weight excluding hydrogens is 214 g/mol. The van der Waals surface area contributed by atoms with E-state index < -0.39 is 6.09 Å². The van der Waals surface area contributed by atoms with E-state index in [9.17, 15) is 4.79 Å². The molecule has 0 fully saturated rings. The molecule has 0 aliphatic rings. The van der Waals surface area contributed by atoms with Gasteiger partial charge in [-0.3, -0.25) is 0 Å². The maximum Gasteiger partial charge on any atom is 0.407 e. The van der Waals surface area contributed by atoms with Gasteiger partial charge in [-0.25, -0.2) is 4.79 Å². The second kappa shape index (κ2) is 6.94. The highest BCUT2D eigenvalue weighted by Crippen LogP contribution is 2.16. The summed E-state index contributed by atoms with van der Waals surface area (Å²) in [6, 6.07) is 10.0. The molecule has 0 saturated carbocycles. The molecular formula is C14H21NO2. The van der Waals surface area contributed by atoms with Crippen LogP contribution in [-0.4, -0.2) is 29.2 Å². The van der Waals surface area contributed by atoms with E-state index in [0.29, 0.717) is 13.1 Å². The van der Waals surface area contributed by atoms with Gasteiger partial charge in [0.2, 0.25) is 0 Å². The third-order valence-corrected chi connectivity index (χ3v) is 2.91. The molecule has 1 rings (SSSR count). The molecule has 1 unspecified atom stereocenters. The molecule has 0 aliphatic carbocycles. The van der Waals surface area contributed by atoms with Crippen LogP contribution in [0.3, 0.4) is 0 Å². The summed E-state index contributed by atoms with van der Waals surface area (Å²) in [5, 5.41) is 9.12. The predicted molar refractivity (Wildman–Crippen MR) is 69.4 cm³/mol. The van der Waals surface area contributed by atoms with Crippen molar-refractivity contribution in [3.8, 4) is 0 Å². The van der Waals surface area contributed by atoms with Crippen LogP contribution in [-0.2, 0) is 0 Å². The molecule has 0 heterocycles. The summed E-state index contributed by atoms with van der Waals surface area (Å²) in [5.41, 5.74) is 1.19. The van der Waals surface area contributed by atoms with Gasteiger partial charge >= 0.3 is 6.09 Å². The molecule has 3 nitrogen and oxygen atoms in total. The van der Waals surface area contributed by atoms with E-state index in [2.05, 4.69) is 13.8 Å². The van der Waals surface area contributed by atoms with Gasteiger partial charge in [-0.15, -0.1) is 0 Å². The topological polar surface area (TPSA) is 40.5 Å². The average molecular weight is 235 g/mol. The summed E-state index contributed by atoms with van der Waals surface area (Å²) >= 11 is 0. The van der Waals surface area contributed by atoms with E-state index in [0.717, 1.165) is 12.8 Å². The minimum atomic E-state index is -0.818. The van der Waals surface area contributed by atoms with Crippen molar-refractivity contribution in [2.45, 2.75) is 32.6 Å². The third kappa shape index (κ3) is 4.47. The van der Waals surface area contributed by atoms with Crippen LogP contribution in [0, 0.1) is 0 Å². The summed E-state index contributed by atoms with van der Waals surface area (Å²) in [7, 11) is 0. The van der Waals surface area contributed by atoms with Crippen molar-refractivity contribution in [2.75, 3.05) is 13.1 Å². The van der Waals surface area contributed by atoms with E-state index in [1.54, 1.807) is 0 Å². The smallest absolute Gasteiger partial charge is 0.407 e. The van der Waals surface area contributed by atoms with Crippen molar-refractivity contribution in [2.24, 2.45) is 0 Å². The lowest BCUT2D eigenvalue weighted by atomic mass is 10.0. The lowest BCUT2D eigenvalue weighted by molar-refractivity contribution is 0.142. The minimum absolute atomic E-state index is 0.240. The van der Waals surface area contributed by atoms with Gasteiger partial charge in [0, 0.05) is 13.1 Å². The van der Waals surface area contributed by atoms with E-state index in [-0.39, 0.29) is 5.92 Å². The van der Waals surface area contributed by atoms with Crippen molar-refractivity contribution in [1.29, 1.82) is 0 Å². The first-order valence-electron chi connectivity index (χ1n) is 6.18. The van der Waals surface area contributed by atoms with Crippen molar-refractivity contribution >= 4 is 6.09 Å². The van der Waals surface area contributed by atoms with Crippen molar-refractivity contribution in [3.05, 3.63) is 35.9 Å². The van der Waals surface area contributed by atoms with Gasteiger partial charge in [-0.05, 0) is 17.9 Å². The molecule has 1 amide bonds. The molecule has 0 radical (unpaired) electrons. The zero-order chi connectivity index (χ0) is 12.7. The van der Waals surface area contributed by atoms with E-state index >= 15 is 0 Å². The molecule has 1 aromatic carbocycles. The molecule has 3 heteroatoms. The lowest BCUT2D eigenvalue weighted by Gasteiger charge is -2.23. The number of hydrogen-bond acceptors (Lipinski definition) is 1. The quantitative estimate of drug-likeness (QED) is 0.818. The number of hydrogen-bond donors (Lipinski definition) is 1. The Bertz CT molecular complexity index is 337. The Hall–Kier alpha value is -1.51. The highest BCUT2D eigenvalue weighted by atomic mass is 16.4. The first-order chi connectivity index (χ1) is 8.15. The van der Waals surface area contributed by atoms with Gasteiger partial charge in [0.15, 0.2) is 0 Å². The van der Waals surface area contributed by atoms with Crippen LogP contribution in [0.5, 0.6) is 0 Å². The second-order valence-electron chi connectivity index (χ2n) is 4.39. The van der Waals surface area contributed by atoms with Gasteiger partial charge in [0.1, 0.15) is 0 Å². The predicted octanol–water partition coefficient (Wildman–Crippen LogP) is 3.57. The third-order valence-electron chi connectivity index (χ3n) is 2.91. The fourth-order valence-corrected chi connectivity index (χ4v) is 1.83. The molecule has 1 N–H and O–H groups in total. The Kier molecular flexibility index (Phi) is 5.53. The van der Waals surface area contributed by atoms with Crippen LogP contribution < -0.4 is 0 Å². The van der Waals surface area contributed by atoms with Crippen LogP contribution in [0.15, 0.2) is 30.3 Å². The Morgan fingerprint density at radius 2 is 2.00 bits per heavy atom. The van der Waals surface area contributed by atoms with Crippen molar-refractivity contribution < 1.29 is 9.90 Å². The zero-order valence-corrected chi connectivity index (χ0v) is 10.6. The van der Waals surface area contributed by atoms with E-state index in [4.69, 9.17) is 5.11 Å². The fourth-order valence-electron chi connectivity index (χ4n) is 1.83. The normalized spacial score (nSPS) is 12.1. The Morgan fingerprint density at radius 3 is 2.53 bits per heavy atom. The number of rotatable bonds is 6. The summed E-state index contributed by atoms with van der Waals surface area (Å²) in [5.74, 6) is 0.240. The minimum Gasteiger partial charge on any atom is -0.465 e. The molecule has 0 aliphatic heterocycles. The molecule has 94 valence electrons. The summed E-state index contributed by atoms with van der Waals surface area (Å²) in [4.78, 5) is 12.6. The van der Waals surface area contributed by atoms with Crippen molar-refractivity contribution in [1.82, 2.24) is 4.90 Å². The van der Waals surface area contributed by atoms with Gasteiger partial charge in [-0.1, -0.05) is 50.6 Å². The SMILES string of the molecule is CCCCN(CC(C)c1ccccc1)C(=O)O. The fraction of sp³-hybridized carbons (Fsp3) is 0.500. The summed E-state index contributed by atoms with van der Waals surface area (Å²) in [6.07, 6.45) is 1.12. The number of unbranched alkanes of at least 4 members (excludes halogenated alkanes) is 1. The number of carbonyl (C=O) groups is 1. The molecule has 0 aromatic heterocycles.